The summed E-state index contributed by atoms with van der Waals surface area (Å²) in [7, 11) is 1.25. The molecule has 2 N–H and O–H groups in total. The fraction of sp³-hybridized carbons (Fsp3) is 0.250. The van der Waals surface area contributed by atoms with Gasteiger partial charge in [-0.15, -0.1) is 10.2 Å². The number of imidazole rings is 1. The molecule has 0 radical (unpaired) electrons. The molecule has 1 atom stereocenters. The molecule has 2 aromatic rings. The molecule has 2 rings (SSSR count). The number of rotatable bonds is 5. The Labute approximate surface area is 124 Å². The summed E-state index contributed by atoms with van der Waals surface area (Å²) >= 11 is 5.60. The van der Waals surface area contributed by atoms with E-state index in [0.717, 1.165) is 0 Å². The van der Waals surface area contributed by atoms with Crippen LogP contribution in [0, 0.1) is 0 Å². The standard InChI is InChI=1S/C12H12ClN5O3/c1-21-12(20)9(4-7-5-14-6-15-7)16-11(19)8-2-3-10(13)18-17-8/h2-3,5-6,9H,4H2,1H3,(H,14,15)(H,16,19)/t9-/m0/s1. The molecule has 0 saturated heterocycles. The topological polar surface area (TPSA) is 110 Å². The Bertz CT molecular complexity index is 614. The van der Waals surface area contributed by atoms with E-state index in [0.29, 0.717) is 5.69 Å². The van der Waals surface area contributed by atoms with Gasteiger partial charge in [0.2, 0.25) is 0 Å². The van der Waals surface area contributed by atoms with E-state index in [-0.39, 0.29) is 17.3 Å². The van der Waals surface area contributed by atoms with Crippen LogP contribution in [0.3, 0.4) is 0 Å². The fourth-order valence-electron chi connectivity index (χ4n) is 1.62. The van der Waals surface area contributed by atoms with Crippen LogP contribution in [0.4, 0.5) is 0 Å². The lowest BCUT2D eigenvalue weighted by molar-refractivity contribution is -0.142. The molecule has 110 valence electrons. The fourth-order valence-corrected chi connectivity index (χ4v) is 1.72. The summed E-state index contributed by atoms with van der Waals surface area (Å²) in [6.45, 7) is 0. The number of amides is 1. The Morgan fingerprint density at radius 3 is 2.81 bits per heavy atom. The molecular formula is C12H12ClN5O3. The summed E-state index contributed by atoms with van der Waals surface area (Å²) in [5.74, 6) is -1.12. The first-order valence-corrected chi connectivity index (χ1v) is 6.33. The maximum Gasteiger partial charge on any atom is 0.328 e. The number of aromatic amines is 1. The van der Waals surface area contributed by atoms with E-state index in [9.17, 15) is 9.59 Å². The first kappa shape index (κ1) is 14.9. The van der Waals surface area contributed by atoms with E-state index < -0.39 is 17.9 Å². The van der Waals surface area contributed by atoms with Crippen LogP contribution in [0.5, 0.6) is 0 Å². The van der Waals surface area contributed by atoms with Crippen molar-refractivity contribution in [1.29, 1.82) is 0 Å². The van der Waals surface area contributed by atoms with E-state index in [1.54, 1.807) is 6.20 Å². The van der Waals surface area contributed by atoms with Crippen molar-refractivity contribution in [3.63, 3.8) is 0 Å². The van der Waals surface area contributed by atoms with Gasteiger partial charge in [0.1, 0.15) is 6.04 Å². The minimum Gasteiger partial charge on any atom is -0.467 e. The number of hydrogen-bond acceptors (Lipinski definition) is 6. The maximum absolute atomic E-state index is 12.0. The molecule has 0 spiro atoms. The Hall–Kier alpha value is -2.48. The molecule has 21 heavy (non-hydrogen) atoms. The van der Waals surface area contributed by atoms with Gasteiger partial charge >= 0.3 is 5.97 Å². The zero-order chi connectivity index (χ0) is 15.2. The molecule has 0 unspecified atom stereocenters. The molecule has 0 bridgehead atoms. The van der Waals surface area contributed by atoms with Crippen molar-refractivity contribution in [1.82, 2.24) is 25.5 Å². The monoisotopic (exact) mass is 309 g/mol. The minimum absolute atomic E-state index is 0.0536. The maximum atomic E-state index is 12.0. The number of hydrogen-bond donors (Lipinski definition) is 2. The van der Waals surface area contributed by atoms with Crippen molar-refractivity contribution in [3.05, 3.63) is 41.2 Å². The lowest BCUT2D eigenvalue weighted by atomic mass is 10.1. The second kappa shape index (κ2) is 6.80. The van der Waals surface area contributed by atoms with Crippen molar-refractivity contribution in [2.24, 2.45) is 0 Å². The zero-order valence-electron chi connectivity index (χ0n) is 11.0. The molecule has 8 nitrogen and oxygen atoms in total. The third-order valence-corrected chi connectivity index (χ3v) is 2.84. The van der Waals surface area contributed by atoms with Gasteiger partial charge in [-0.25, -0.2) is 9.78 Å². The largest absolute Gasteiger partial charge is 0.467 e. The van der Waals surface area contributed by atoms with Gasteiger partial charge in [0, 0.05) is 18.3 Å². The van der Waals surface area contributed by atoms with Gasteiger partial charge in [-0.05, 0) is 12.1 Å². The predicted molar refractivity (Wildman–Crippen MR) is 72.6 cm³/mol. The van der Waals surface area contributed by atoms with Crippen LogP contribution in [0.1, 0.15) is 16.2 Å². The van der Waals surface area contributed by atoms with Gasteiger partial charge in [0.25, 0.3) is 5.91 Å². The van der Waals surface area contributed by atoms with Crippen LogP contribution in [0.2, 0.25) is 5.15 Å². The van der Waals surface area contributed by atoms with Crippen molar-refractivity contribution in [2.45, 2.75) is 12.5 Å². The zero-order valence-corrected chi connectivity index (χ0v) is 11.8. The number of carbonyl (C=O) groups excluding carboxylic acids is 2. The number of methoxy groups -OCH3 is 1. The van der Waals surface area contributed by atoms with Gasteiger partial charge in [-0.3, -0.25) is 4.79 Å². The van der Waals surface area contributed by atoms with Crippen LogP contribution in [0.25, 0.3) is 0 Å². The molecule has 0 aromatic carbocycles. The van der Waals surface area contributed by atoms with E-state index in [1.807, 2.05) is 0 Å². The lowest BCUT2D eigenvalue weighted by Gasteiger charge is -2.15. The summed E-state index contributed by atoms with van der Waals surface area (Å²) < 4.78 is 4.67. The molecule has 0 aliphatic rings. The number of halogens is 1. The van der Waals surface area contributed by atoms with Crippen LogP contribution < -0.4 is 5.32 Å². The second-order valence-corrected chi connectivity index (χ2v) is 4.46. The SMILES string of the molecule is COC(=O)[C@H](Cc1cnc[nH]1)NC(=O)c1ccc(Cl)nn1. The number of ether oxygens (including phenoxy) is 1. The Balaban J connectivity index is 2.09. The highest BCUT2D eigenvalue weighted by Gasteiger charge is 2.23. The number of carbonyl (C=O) groups is 2. The van der Waals surface area contributed by atoms with Crippen molar-refractivity contribution in [3.8, 4) is 0 Å². The number of H-pyrrole nitrogens is 1. The first-order chi connectivity index (χ1) is 10.1. The number of nitrogens with one attached hydrogen (secondary N) is 2. The first-order valence-electron chi connectivity index (χ1n) is 5.95. The molecule has 9 heteroatoms. The number of aromatic nitrogens is 4. The van der Waals surface area contributed by atoms with Crippen LogP contribution in [-0.2, 0) is 16.0 Å². The van der Waals surface area contributed by atoms with E-state index in [2.05, 4.69) is 30.2 Å². The van der Waals surface area contributed by atoms with Crippen molar-refractivity contribution in [2.75, 3.05) is 7.11 Å². The van der Waals surface area contributed by atoms with E-state index in [4.69, 9.17) is 11.6 Å². The molecule has 1 amide bonds. The quantitative estimate of drug-likeness (QED) is 0.772. The highest BCUT2D eigenvalue weighted by atomic mass is 35.5. The van der Waals surface area contributed by atoms with Gasteiger partial charge in [-0.2, -0.15) is 0 Å². The van der Waals surface area contributed by atoms with Gasteiger partial charge in [0.15, 0.2) is 10.8 Å². The molecule has 2 heterocycles. The average molecular weight is 310 g/mol. The molecule has 0 aliphatic carbocycles. The highest BCUT2D eigenvalue weighted by molar-refractivity contribution is 6.29. The van der Waals surface area contributed by atoms with Crippen molar-refractivity contribution >= 4 is 23.5 Å². The molecule has 0 saturated carbocycles. The Kier molecular flexibility index (Phi) is 4.83. The molecular weight excluding hydrogens is 298 g/mol. The van der Waals surface area contributed by atoms with Gasteiger partial charge in [-0.1, -0.05) is 11.6 Å². The Morgan fingerprint density at radius 1 is 1.43 bits per heavy atom. The van der Waals surface area contributed by atoms with Crippen LogP contribution >= 0.6 is 11.6 Å². The minimum atomic E-state index is -0.861. The number of nitrogens with zero attached hydrogens (tertiary/aromatic N) is 3. The summed E-state index contributed by atoms with van der Waals surface area (Å²) in [6.07, 6.45) is 3.26. The lowest BCUT2D eigenvalue weighted by Crippen LogP contribution is -2.43. The van der Waals surface area contributed by atoms with Crippen LogP contribution in [0.15, 0.2) is 24.7 Å². The van der Waals surface area contributed by atoms with Gasteiger partial charge < -0.3 is 15.0 Å². The number of esters is 1. The Morgan fingerprint density at radius 2 is 2.24 bits per heavy atom. The average Bonchev–Trinajstić information content (AvgIpc) is 2.99. The summed E-state index contributed by atoms with van der Waals surface area (Å²) in [6, 6.07) is 1.99. The molecule has 0 aliphatic heterocycles. The van der Waals surface area contributed by atoms with Crippen molar-refractivity contribution < 1.29 is 14.3 Å². The third kappa shape index (κ3) is 3.99. The molecule has 0 fully saturated rings. The third-order valence-electron chi connectivity index (χ3n) is 2.63. The van der Waals surface area contributed by atoms with Gasteiger partial charge in [0.05, 0.1) is 13.4 Å². The van der Waals surface area contributed by atoms with E-state index >= 15 is 0 Å². The summed E-state index contributed by atoms with van der Waals surface area (Å²) in [4.78, 5) is 30.5. The van der Waals surface area contributed by atoms with E-state index in [1.165, 1.54) is 25.6 Å². The highest BCUT2D eigenvalue weighted by Crippen LogP contribution is 2.04. The second-order valence-electron chi connectivity index (χ2n) is 4.07. The molecule has 2 aromatic heterocycles. The summed E-state index contributed by atoms with van der Waals surface area (Å²) in [5, 5.41) is 9.93. The smallest absolute Gasteiger partial charge is 0.328 e. The summed E-state index contributed by atoms with van der Waals surface area (Å²) in [5.41, 5.74) is 0.741. The predicted octanol–water partition coefficient (Wildman–Crippen LogP) is 0.367. The normalized spacial score (nSPS) is 11.7. The van der Waals surface area contributed by atoms with Crippen LogP contribution in [-0.4, -0.2) is 45.2 Å².